The van der Waals surface area contributed by atoms with Crippen LogP contribution in [0.1, 0.15) is 17.9 Å². The minimum absolute atomic E-state index is 0.0650. The number of carbonyl (C=O) groups excluding carboxylic acids is 2. The Labute approximate surface area is 200 Å². The summed E-state index contributed by atoms with van der Waals surface area (Å²) in [5.74, 6) is -0.328. The van der Waals surface area contributed by atoms with Gasteiger partial charge in [-0.25, -0.2) is 0 Å². The van der Waals surface area contributed by atoms with Gasteiger partial charge in [-0.1, -0.05) is 36.4 Å². The van der Waals surface area contributed by atoms with Gasteiger partial charge in [-0.2, -0.15) is 4.98 Å². The van der Waals surface area contributed by atoms with E-state index in [1.54, 1.807) is 24.3 Å². The summed E-state index contributed by atoms with van der Waals surface area (Å²) in [6, 6.07) is 25.3. The summed E-state index contributed by atoms with van der Waals surface area (Å²) < 4.78 is 5.76. The monoisotopic (exact) mass is 467 g/mol. The number of carbonyl (C=O) groups is 2. The molecule has 0 radical (unpaired) electrons. The first-order chi connectivity index (χ1) is 17.0. The molecule has 2 amide bonds. The van der Waals surface area contributed by atoms with Crippen molar-refractivity contribution in [2.75, 3.05) is 16.0 Å². The van der Waals surface area contributed by atoms with Crippen molar-refractivity contribution in [2.45, 2.75) is 12.3 Å². The summed E-state index contributed by atoms with van der Waals surface area (Å²) in [6.45, 7) is 0. The number of hydrogen-bond acceptors (Lipinski definition) is 6. The Bertz CT molecular complexity index is 1420. The molecular weight excluding hydrogens is 446 g/mol. The summed E-state index contributed by atoms with van der Waals surface area (Å²) in [4.78, 5) is 45.2. The molecule has 35 heavy (non-hydrogen) atoms. The Hall–Kier alpha value is -4.92. The quantitative estimate of drug-likeness (QED) is 0.334. The van der Waals surface area contributed by atoms with E-state index in [1.165, 1.54) is 0 Å². The lowest BCUT2D eigenvalue weighted by Crippen LogP contribution is -2.36. The smallest absolute Gasteiger partial charge is 0.258 e. The van der Waals surface area contributed by atoms with Gasteiger partial charge in [0.1, 0.15) is 17.3 Å². The molecule has 2 heterocycles. The van der Waals surface area contributed by atoms with Crippen LogP contribution >= 0.6 is 0 Å². The first-order valence-corrected chi connectivity index (χ1v) is 10.9. The standard InChI is InChI=1S/C26H21N5O4/c32-21-15-20(22-23(29-21)30-26(31-25(22)34)28-16-7-3-1-4-8-16)24(33)27-17-11-13-19(14-12-17)35-18-9-5-2-6-10-18/h1-14,20H,15H2,(H,27,33)(H3,28,29,30,31,32,34)/t20-/m0/s1. The molecule has 9 heteroatoms. The molecule has 0 aliphatic carbocycles. The summed E-state index contributed by atoms with van der Waals surface area (Å²) >= 11 is 0. The zero-order valence-electron chi connectivity index (χ0n) is 18.4. The molecule has 3 aromatic carbocycles. The van der Waals surface area contributed by atoms with Crippen molar-refractivity contribution in [3.63, 3.8) is 0 Å². The van der Waals surface area contributed by atoms with Gasteiger partial charge >= 0.3 is 0 Å². The number of aromatic amines is 1. The number of ether oxygens (including phenoxy) is 1. The highest BCUT2D eigenvalue weighted by molar-refractivity contribution is 6.04. The highest BCUT2D eigenvalue weighted by atomic mass is 16.5. The summed E-state index contributed by atoms with van der Waals surface area (Å²) in [5, 5.41) is 8.36. The summed E-state index contributed by atoms with van der Waals surface area (Å²) in [7, 11) is 0. The van der Waals surface area contributed by atoms with Gasteiger partial charge < -0.3 is 20.7 Å². The van der Waals surface area contributed by atoms with E-state index in [4.69, 9.17) is 4.74 Å². The van der Waals surface area contributed by atoms with Crippen LogP contribution in [0.5, 0.6) is 11.5 Å². The Morgan fingerprint density at radius 2 is 1.51 bits per heavy atom. The van der Waals surface area contributed by atoms with Gasteiger partial charge in [0, 0.05) is 17.8 Å². The van der Waals surface area contributed by atoms with Crippen LogP contribution in [0, 0.1) is 0 Å². The topological polar surface area (TPSA) is 125 Å². The normalized spacial score (nSPS) is 14.4. The number of para-hydroxylation sites is 2. The Kier molecular flexibility index (Phi) is 5.96. The summed E-state index contributed by atoms with van der Waals surface area (Å²) in [5.41, 5.74) is 0.839. The third-order valence-corrected chi connectivity index (χ3v) is 5.40. The van der Waals surface area contributed by atoms with Crippen molar-refractivity contribution in [3.05, 3.63) is 101 Å². The van der Waals surface area contributed by atoms with Crippen LogP contribution < -0.4 is 26.2 Å². The molecule has 1 aromatic heterocycles. The number of fused-ring (bicyclic) bond motifs is 1. The van der Waals surface area contributed by atoms with Crippen LogP contribution in [0.2, 0.25) is 0 Å². The lowest BCUT2D eigenvalue weighted by Gasteiger charge is -2.23. The molecule has 4 aromatic rings. The van der Waals surface area contributed by atoms with E-state index in [9.17, 15) is 14.4 Å². The van der Waals surface area contributed by atoms with Crippen LogP contribution in [-0.2, 0) is 9.59 Å². The fraction of sp³-hybridized carbons (Fsp3) is 0.0769. The third kappa shape index (κ3) is 5.03. The molecule has 0 saturated carbocycles. The second-order valence-electron chi connectivity index (χ2n) is 7.90. The van der Waals surface area contributed by atoms with E-state index in [0.29, 0.717) is 22.9 Å². The minimum Gasteiger partial charge on any atom is -0.457 e. The molecule has 0 bridgehead atoms. The van der Waals surface area contributed by atoms with Gasteiger partial charge in [0.25, 0.3) is 5.56 Å². The van der Waals surface area contributed by atoms with Crippen molar-refractivity contribution in [1.82, 2.24) is 9.97 Å². The second kappa shape index (κ2) is 9.52. The van der Waals surface area contributed by atoms with Gasteiger partial charge in [-0.15, -0.1) is 0 Å². The second-order valence-corrected chi connectivity index (χ2v) is 7.90. The number of H-pyrrole nitrogens is 1. The Morgan fingerprint density at radius 3 is 2.23 bits per heavy atom. The van der Waals surface area contributed by atoms with Gasteiger partial charge in [-0.3, -0.25) is 19.4 Å². The number of nitrogens with one attached hydrogen (secondary N) is 4. The predicted octanol–water partition coefficient (Wildman–Crippen LogP) is 4.37. The van der Waals surface area contributed by atoms with Gasteiger partial charge in [-0.05, 0) is 48.5 Å². The fourth-order valence-electron chi connectivity index (χ4n) is 3.77. The van der Waals surface area contributed by atoms with Crippen molar-refractivity contribution in [3.8, 4) is 11.5 Å². The number of amides is 2. The van der Waals surface area contributed by atoms with E-state index in [1.807, 2.05) is 60.7 Å². The molecule has 1 atom stereocenters. The molecule has 5 rings (SSSR count). The lowest BCUT2D eigenvalue weighted by molar-refractivity contribution is -0.123. The summed E-state index contributed by atoms with van der Waals surface area (Å²) in [6.07, 6.45) is -0.162. The van der Waals surface area contributed by atoms with Crippen LogP contribution in [0.4, 0.5) is 23.1 Å². The molecular formula is C26H21N5O4. The number of anilines is 4. The lowest BCUT2D eigenvalue weighted by atomic mass is 9.92. The van der Waals surface area contributed by atoms with Crippen LogP contribution in [-0.4, -0.2) is 21.8 Å². The van der Waals surface area contributed by atoms with E-state index in [0.717, 1.165) is 0 Å². The SMILES string of the molecule is O=C1C[C@H](C(=O)Nc2ccc(Oc3ccccc3)cc2)c2c(nc(Nc3ccccc3)[nH]c2=O)N1. The molecule has 1 aliphatic rings. The van der Waals surface area contributed by atoms with Gasteiger partial charge in [0.05, 0.1) is 11.5 Å². The maximum atomic E-state index is 13.1. The number of aromatic nitrogens is 2. The molecule has 0 saturated heterocycles. The third-order valence-electron chi connectivity index (χ3n) is 5.40. The highest BCUT2D eigenvalue weighted by Gasteiger charge is 2.34. The van der Waals surface area contributed by atoms with E-state index < -0.39 is 23.3 Å². The number of nitrogens with zero attached hydrogens (tertiary/aromatic N) is 1. The first kappa shape index (κ1) is 21.9. The molecule has 4 N–H and O–H groups in total. The first-order valence-electron chi connectivity index (χ1n) is 10.9. The molecule has 9 nitrogen and oxygen atoms in total. The van der Waals surface area contributed by atoms with Crippen molar-refractivity contribution in [2.24, 2.45) is 0 Å². The molecule has 0 spiro atoms. The van der Waals surface area contributed by atoms with Crippen LogP contribution in [0.25, 0.3) is 0 Å². The highest BCUT2D eigenvalue weighted by Crippen LogP contribution is 2.30. The van der Waals surface area contributed by atoms with Crippen LogP contribution in [0.3, 0.4) is 0 Å². The minimum atomic E-state index is -0.985. The van der Waals surface area contributed by atoms with Crippen LogP contribution in [0.15, 0.2) is 89.7 Å². The van der Waals surface area contributed by atoms with E-state index in [2.05, 4.69) is 25.9 Å². The number of benzene rings is 3. The number of hydrogen-bond donors (Lipinski definition) is 4. The maximum absolute atomic E-state index is 13.1. The van der Waals surface area contributed by atoms with Gasteiger partial charge in [0.2, 0.25) is 17.8 Å². The Morgan fingerprint density at radius 1 is 0.857 bits per heavy atom. The molecule has 174 valence electrons. The van der Waals surface area contributed by atoms with Crippen molar-refractivity contribution < 1.29 is 14.3 Å². The van der Waals surface area contributed by atoms with Crippen molar-refractivity contribution >= 4 is 35.0 Å². The van der Waals surface area contributed by atoms with Crippen molar-refractivity contribution in [1.29, 1.82) is 0 Å². The largest absolute Gasteiger partial charge is 0.457 e. The fourth-order valence-corrected chi connectivity index (χ4v) is 3.77. The van der Waals surface area contributed by atoms with E-state index in [-0.39, 0.29) is 23.8 Å². The molecule has 1 aliphatic heterocycles. The Balaban J connectivity index is 1.33. The van der Waals surface area contributed by atoms with Gasteiger partial charge in [0.15, 0.2) is 0 Å². The predicted molar refractivity (Wildman–Crippen MR) is 132 cm³/mol. The average molecular weight is 467 g/mol. The van der Waals surface area contributed by atoms with E-state index >= 15 is 0 Å². The molecule has 0 fully saturated rings. The molecule has 0 unspecified atom stereocenters. The number of rotatable bonds is 6. The zero-order valence-corrected chi connectivity index (χ0v) is 18.4. The zero-order chi connectivity index (χ0) is 24.2. The average Bonchev–Trinajstić information content (AvgIpc) is 2.86. The maximum Gasteiger partial charge on any atom is 0.258 e.